The van der Waals surface area contributed by atoms with Crippen LogP contribution < -0.4 is 0 Å². The van der Waals surface area contributed by atoms with Gasteiger partial charge in [-0.05, 0) is 64.2 Å². The van der Waals surface area contributed by atoms with E-state index in [0.29, 0.717) is 26.4 Å². The van der Waals surface area contributed by atoms with E-state index in [0.717, 1.165) is 12.8 Å². The lowest BCUT2D eigenvalue weighted by molar-refractivity contribution is -0.115. The van der Waals surface area contributed by atoms with Crippen molar-refractivity contribution >= 4 is 0 Å². The molecule has 0 bridgehead atoms. The van der Waals surface area contributed by atoms with Gasteiger partial charge in [0.1, 0.15) is 12.2 Å². The third kappa shape index (κ3) is 37.9. The van der Waals surface area contributed by atoms with Gasteiger partial charge in [0, 0.05) is 13.2 Å². The van der Waals surface area contributed by atoms with Gasteiger partial charge in [0.05, 0.1) is 26.4 Å². The second kappa shape index (κ2) is 41.5. The lowest BCUT2D eigenvalue weighted by atomic mass is 10.1. The zero-order chi connectivity index (χ0) is 34.1. The van der Waals surface area contributed by atoms with E-state index in [-0.39, 0.29) is 13.2 Å². The van der Waals surface area contributed by atoms with E-state index >= 15 is 0 Å². The van der Waals surface area contributed by atoms with Crippen molar-refractivity contribution in [3.8, 4) is 0 Å². The van der Waals surface area contributed by atoms with E-state index in [2.05, 4.69) is 38.2 Å². The lowest BCUT2D eigenvalue weighted by Crippen LogP contribution is -2.34. The average molecular weight is 667 g/mol. The molecule has 5 nitrogen and oxygen atoms in total. The minimum absolute atomic E-state index is 0.112. The predicted molar refractivity (Wildman–Crippen MR) is 203 cm³/mol. The number of allylic oxidation sites excluding steroid dienone is 4. The Kier molecular flexibility index (Phi) is 40.8. The molecule has 0 rings (SSSR count). The van der Waals surface area contributed by atoms with Crippen LogP contribution in [0.15, 0.2) is 24.3 Å². The van der Waals surface area contributed by atoms with Crippen molar-refractivity contribution in [1.29, 1.82) is 0 Å². The molecular weight excluding hydrogens is 584 g/mol. The Morgan fingerprint density at radius 1 is 0.383 bits per heavy atom. The molecule has 2 unspecified atom stereocenters. The molecule has 0 aromatic heterocycles. The number of unbranched alkanes of at least 4 members (excludes halogenated alkanes) is 24. The maximum Gasteiger partial charge on any atom is 0.104 e. The van der Waals surface area contributed by atoms with Crippen LogP contribution in [0.1, 0.15) is 194 Å². The van der Waals surface area contributed by atoms with E-state index in [1.165, 1.54) is 167 Å². The number of hydrogen-bond donors (Lipinski definition) is 2. The van der Waals surface area contributed by atoms with Crippen LogP contribution in [0, 0.1) is 0 Å². The molecule has 2 N–H and O–H groups in total. The summed E-state index contributed by atoms with van der Waals surface area (Å²) in [5.41, 5.74) is 0. The molecule has 0 fully saturated rings. The summed E-state index contributed by atoms with van der Waals surface area (Å²) >= 11 is 0. The molecular formula is C42H82O5. The van der Waals surface area contributed by atoms with Gasteiger partial charge in [0.15, 0.2) is 0 Å². The van der Waals surface area contributed by atoms with Crippen LogP contribution >= 0.6 is 0 Å². The van der Waals surface area contributed by atoms with Crippen molar-refractivity contribution in [2.45, 2.75) is 206 Å². The Morgan fingerprint density at radius 3 is 0.957 bits per heavy atom. The highest BCUT2D eigenvalue weighted by molar-refractivity contribution is 4.82. The summed E-state index contributed by atoms with van der Waals surface area (Å²) in [4.78, 5) is 0. The highest BCUT2D eigenvalue weighted by atomic mass is 16.6. The Morgan fingerprint density at radius 2 is 0.660 bits per heavy atom. The summed E-state index contributed by atoms with van der Waals surface area (Å²) in [5, 5.41) is 19.4. The van der Waals surface area contributed by atoms with Crippen molar-refractivity contribution < 1.29 is 24.4 Å². The van der Waals surface area contributed by atoms with Crippen molar-refractivity contribution in [2.24, 2.45) is 0 Å². The van der Waals surface area contributed by atoms with Gasteiger partial charge in [0.2, 0.25) is 0 Å². The van der Waals surface area contributed by atoms with Crippen LogP contribution in [0.25, 0.3) is 0 Å². The van der Waals surface area contributed by atoms with Crippen molar-refractivity contribution in [1.82, 2.24) is 0 Å². The second-order valence-corrected chi connectivity index (χ2v) is 13.8. The molecule has 0 saturated heterocycles. The van der Waals surface area contributed by atoms with Crippen LogP contribution in [-0.2, 0) is 14.2 Å². The van der Waals surface area contributed by atoms with Gasteiger partial charge in [0.25, 0.3) is 0 Å². The van der Waals surface area contributed by atoms with E-state index in [1.807, 2.05) is 0 Å². The quantitative estimate of drug-likeness (QED) is 0.0503. The number of aliphatic hydroxyl groups is 2. The topological polar surface area (TPSA) is 68.2 Å². The number of ether oxygens (including phenoxy) is 3. The van der Waals surface area contributed by atoms with E-state index in [9.17, 15) is 10.2 Å². The molecule has 0 amide bonds. The van der Waals surface area contributed by atoms with Gasteiger partial charge in [-0.3, -0.25) is 0 Å². The smallest absolute Gasteiger partial charge is 0.104 e. The van der Waals surface area contributed by atoms with Gasteiger partial charge >= 0.3 is 0 Å². The highest BCUT2D eigenvalue weighted by Gasteiger charge is 2.16. The highest BCUT2D eigenvalue weighted by Crippen LogP contribution is 2.12. The van der Waals surface area contributed by atoms with E-state index < -0.39 is 12.2 Å². The fourth-order valence-corrected chi connectivity index (χ4v) is 5.88. The first-order valence-electron chi connectivity index (χ1n) is 20.6. The second-order valence-electron chi connectivity index (χ2n) is 13.8. The molecule has 0 aromatic carbocycles. The average Bonchev–Trinajstić information content (AvgIpc) is 3.09. The van der Waals surface area contributed by atoms with E-state index in [4.69, 9.17) is 14.2 Å². The Hall–Kier alpha value is -0.720. The summed E-state index contributed by atoms with van der Waals surface area (Å²) in [6.45, 7) is 6.42. The van der Waals surface area contributed by atoms with Gasteiger partial charge in [-0.1, -0.05) is 154 Å². The fourth-order valence-electron chi connectivity index (χ4n) is 5.88. The minimum Gasteiger partial charge on any atom is -0.394 e. The van der Waals surface area contributed by atoms with Gasteiger partial charge in [-0.2, -0.15) is 0 Å². The van der Waals surface area contributed by atoms with Crippen LogP contribution in [0.3, 0.4) is 0 Å². The minimum atomic E-state index is -0.421. The molecule has 47 heavy (non-hydrogen) atoms. The molecule has 0 aliphatic rings. The largest absolute Gasteiger partial charge is 0.394 e. The monoisotopic (exact) mass is 667 g/mol. The first-order chi connectivity index (χ1) is 23.3. The van der Waals surface area contributed by atoms with E-state index in [1.54, 1.807) is 0 Å². The fraction of sp³-hybridized carbons (Fsp3) is 0.905. The molecule has 0 aromatic rings. The molecule has 2 atom stereocenters. The maximum atomic E-state index is 9.71. The van der Waals surface area contributed by atoms with Crippen LogP contribution in [-0.4, -0.2) is 62.1 Å². The normalized spacial score (nSPS) is 13.4. The summed E-state index contributed by atoms with van der Waals surface area (Å²) in [6.07, 6.45) is 44.9. The Balaban J connectivity index is 3.53. The number of aliphatic hydroxyl groups excluding tert-OH is 2. The van der Waals surface area contributed by atoms with Crippen LogP contribution in [0.2, 0.25) is 0 Å². The third-order valence-corrected chi connectivity index (χ3v) is 9.00. The molecule has 0 spiro atoms. The van der Waals surface area contributed by atoms with Gasteiger partial charge in [-0.25, -0.2) is 0 Å². The van der Waals surface area contributed by atoms with Crippen LogP contribution in [0.5, 0.6) is 0 Å². The summed E-state index contributed by atoms with van der Waals surface area (Å²) < 4.78 is 17.4. The molecule has 0 radical (unpaired) electrons. The molecule has 280 valence electrons. The number of hydrogen-bond acceptors (Lipinski definition) is 5. The van der Waals surface area contributed by atoms with Crippen molar-refractivity contribution in [3.63, 3.8) is 0 Å². The Labute approximate surface area is 293 Å². The van der Waals surface area contributed by atoms with Crippen molar-refractivity contribution in [3.05, 3.63) is 24.3 Å². The third-order valence-electron chi connectivity index (χ3n) is 9.00. The molecule has 0 aliphatic heterocycles. The molecule has 5 heteroatoms. The molecule has 0 aliphatic carbocycles. The molecule has 0 heterocycles. The lowest BCUT2D eigenvalue weighted by Gasteiger charge is -2.22. The van der Waals surface area contributed by atoms with Crippen LogP contribution in [0.4, 0.5) is 0 Å². The SMILES string of the molecule is CCCCCCCC/C=C/CCCCCCCCOCC(CO)OC(CO)COCCCCCCCC/C=C/CCCCCCCC. The number of rotatable bonds is 40. The summed E-state index contributed by atoms with van der Waals surface area (Å²) in [6, 6.07) is 0. The first-order valence-corrected chi connectivity index (χ1v) is 20.6. The maximum absolute atomic E-state index is 9.71. The predicted octanol–water partition coefficient (Wildman–Crippen LogP) is 11.8. The zero-order valence-electron chi connectivity index (χ0n) is 31.6. The summed E-state index contributed by atoms with van der Waals surface area (Å²) in [5.74, 6) is 0. The van der Waals surface area contributed by atoms with Gasteiger partial charge in [-0.15, -0.1) is 0 Å². The standard InChI is InChI=1S/C42H82O5/c1-3-5-7-9-11-13-15-17-19-21-23-25-27-29-31-33-35-45-39-41(37-43)47-42(38-44)40-46-36-34-32-30-28-26-24-22-20-18-16-14-12-10-8-6-4-2/h17-20,41-44H,3-16,21-40H2,1-2H3/b19-17+,20-18+. The van der Waals surface area contributed by atoms with Gasteiger partial charge < -0.3 is 24.4 Å². The zero-order valence-corrected chi connectivity index (χ0v) is 31.6. The molecule has 0 saturated carbocycles. The summed E-state index contributed by atoms with van der Waals surface area (Å²) in [7, 11) is 0. The first kappa shape index (κ1) is 46.3. The Bertz CT molecular complexity index is 570. The van der Waals surface area contributed by atoms with Crippen molar-refractivity contribution in [2.75, 3.05) is 39.6 Å².